The molecule has 0 saturated heterocycles. The van der Waals surface area contributed by atoms with E-state index >= 15 is 0 Å². The van der Waals surface area contributed by atoms with Crippen LogP contribution in [0.2, 0.25) is 0 Å². The predicted molar refractivity (Wildman–Crippen MR) is 73.7 cm³/mol. The lowest BCUT2D eigenvalue weighted by molar-refractivity contribution is 0.747. The Morgan fingerprint density at radius 2 is 2.06 bits per heavy atom. The number of nitrogens with zero attached hydrogens (tertiary/aromatic N) is 3. The lowest BCUT2D eigenvalue weighted by atomic mass is 10.3. The van der Waals surface area contributed by atoms with Gasteiger partial charge < -0.3 is 10.2 Å². The second kappa shape index (κ2) is 6.42. The summed E-state index contributed by atoms with van der Waals surface area (Å²) in [5.41, 5.74) is 1.00. The lowest BCUT2D eigenvalue weighted by Crippen LogP contribution is -2.22. The van der Waals surface area contributed by atoms with E-state index < -0.39 is 0 Å². The topological polar surface area (TPSA) is 41.1 Å². The highest BCUT2D eigenvalue weighted by Gasteiger charge is 2.07. The van der Waals surface area contributed by atoms with Crippen LogP contribution in [0.4, 0.5) is 11.8 Å². The first-order chi connectivity index (χ1) is 8.02. The summed E-state index contributed by atoms with van der Waals surface area (Å²) in [5.74, 6) is 1.72. The van der Waals surface area contributed by atoms with Gasteiger partial charge in [0, 0.05) is 31.4 Å². The van der Waals surface area contributed by atoms with E-state index in [0.29, 0.717) is 6.04 Å². The van der Waals surface area contributed by atoms with Gasteiger partial charge in [0.15, 0.2) is 0 Å². The maximum Gasteiger partial charge on any atom is 0.227 e. The van der Waals surface area contributed by atoms with E-state index in [1.165, 1.54) is 12.8 Å². The summed E-state index contributed by atoms with van der Waals surface area (Å²) in [5, 5.41) is 3.32. The van der Waals surface area contributed by atoms with Gasteiger partial charge in [-0.1, -0.05) is 13.3 Å². The van der Waals surface area contributed by atoms with Gasteiger partial charge in [-0.2, -0.15) is 4.98 Å². The monoisotopic (exact) mass is 236 g/mol. The van der Waals surface area contributed by atoms with E-state index in [4.69, 9.17) is 0 Å². The number of nitrogens with one attached hydrogen (secondary N) is 1. The molecule has 0 atom stereocenters. The second-order valence-corrected chi connectivity index (χ2v) is 4.77. The molecule has 1 aromatic rings. The normalized spacial score (nSPS) is 10.7. The Bertz CT molecular complexity index is 349. The van der Waals surface area contributed by atoms with Crippen molar-refractivity contribution in [1.82, 2.24) is 9.97 Å². The molecule has 0 aliphatic heterocycles. The van der Waals surface area contributed by atoms with Crippen LogP contribution in [0.25, 0.3) is 0 Å². The molecule has 0 unspecified atom stereocenters. The molecule has 17 heavy (non-hydrogen) atoms. The summed E-state index contributed by atoms with van der Waals surface area (Å²) < 4.78 is 0. The van der Waals surface area contributed by atoms with Crippen molar-refractivity contribution in [3.63, 3.8) is 0 Å². The minimum Gasteiger partial charge on any atom is -0.368 e. The minimum atomic E-state index is 0.387. The van der Waals surface area contributed by atoms with Crippen LogP contribution in [0, 0.1) is 6.92 Å². The summed E-state index contributed by atoms with van der Waals surface area (Å²) in [7, 11) is 2.05. The highest BCUT2D eigenvalue weighted by atomic mass is 15.2. The standard InChI is InChI=1S/C13H24N4/c1-6-7-8-17(5)13-15-11(4)9-12(16-13)14-10(2)3/h9-10H,6-8H2,1-5H3,(H,14,15,16). The molecule has 0 saturated carbocycles. The smallest absolute Gasteiger partial charge is 0.227 e. The maximum absolute atomic E-state index is 4.53. The number of unbranched alkanes of at least 4 members (excludes halogenated alkanes) is 1. The van der Waals surface area contributed by atoms with Gasteiger partial charge in [0.2, 0.25) is 5.95 Å². The second-order valence-electron chi connectivity index (χ2n) is 4.77. The predicted octanol–water partition coefficient (Wildman–Crippen LogP) is 2.84. The van der Waals surface area contributed by atoms with Crippen molar-refractivity contribution in [2.24, 2.45) is 0 Å². The summed E-state index contributed by atoms with van der Waals surface area (Å²) in [6.45, 7) is 9.41. The molecule has 0 radical (unpaired) electrons. The number of hydrogen-bond donors (Lipinski definition) is 1. The summed E-state index contributed by atoms with van der Waals surface area (Å²) >= 11 is 0. The maximum atomic E-state index is 4.53. The third kappa shape index (κ3) is 4.59. The van der Waals surface area contributed by atoms with E-state index in [1.807, 2.05) is 20.0 Å². The zero-order chi connectivity index (χ0) is 12.8. The molecule has 1 rings (SSSR count). The Morgan fingerprint density at radius 3 is 2.65 bits per heavy atom. The first-order valence-corrected chi connectivity index (χ1v) is 6.36. The van der Waals surface area contributed by atoms with Crippen LogP contribution in [0.15, 0.2) is 6.07 Å². The Hall–Kier alpha value is -1.32. The minimum absolute atomic E-state index is 0.387. The van der Waals surface area contributed by atoms with Crippen LogP contribution >= 0.6 is 0 Å². The van der Waals surface area contributed by atoms with Crippen LogP contribution < -0.4 is 10.2 Å². The van der Waals surface area contributed by atoms with Crippen molar-refractivity contribution in [3.05, 3.63) is 11.8 Å². The molecule has 0 amide bonds. The zero-order valence-electron chi connectivity index (χ0n) is 11.6. The SMILES string of the molecule is CCCCN(C)c1nc(C)cc(NC(C)C)n1. The molecule has 0 fully saturated rings. The van der Waals surface area contributed by atoms with Gasteiger partial charge in [-0.05, 0) is 27.2 Å². The van der Waals surface area contributed by atoms with E-state index in [2.05, 4.69) is 41.0 Å². The number of aryl methyl sites for hydroxylation is 1. The molecule has 0 spiro atoms. The van der Waals surface area contributed by atoms with Crippen LogP contribution in [0.3, 0.4) is 0 Å². The van der Waals surface area contributed by atoms with Crippen LogP contribution in [0.1, 0.15) is 39.3 Å². The molecule has 0 bridgehead atoms. The van der Waals surface area contributed by atoms with E-state index in [1.54, 1.807) is 0 Å². The van der Waals surface area contributed by atoms with Crippen LogP contribution in [-0.4, -0.2) is 29.6 Å². The van der Waals surface area contributed by atoms with Crippen molar-refractivity contribution >= 4 is 11.8 Å². The van der Waals surface area contributed by atoms with Crippen molar-refractivity contribution in [3.8, 4) is 0 Å². The average Bonchev–Trinajstić information content (AvgIpc) is 2.24. The third-order valence-electron chi connectivity index (χ3n) is 2.47. The molecule has 4 nitrogen and oxygen atoms in total. The molecule has 96 valence electrons. The number of aromatic nitrogens is 2. The van der Waals surface area contributed by atoms with Crippen molar-refractivity contribution in [2.45, 2.75) is 46.6 Å². The van der Waals surface area contributed by atoms with Crippen molar-refractivity contribution in [2.75, 3.05) is 23.8 Å². The molecule has 1 aromatic heterocycles. The summed E-state index contributed by atoms with van der Waals surface area (Å²) in [6.07, 6.45) is 2.36. The summed E-state index contributed by atoms with van der Waals surface area (Å²) in [6, 6.07) is 2.37. The lowest BCUT2D eigenvalue weighted by Gasteiger charge is -2.18. The van der Waals surface area contributed by atoms with Gasteiger partial charge in [0.1, 0.15) is 5.82 Å². The highest BCUT2D eigenvalue weighted by Crippen LogP contribution is 2.13. The van der Waals surface area contributed by atoms with Gasteiger partial charge in [-0.25, -0.2) is 4.98 Å². The largest absolute Gasteiger partial charge is 0.368 e. The first-order valence-electron chi connectivity index (χ1n) is 6.36. The number of hydrogen-bond acceptors (Lipinski definition) is 4. The third-order valence-corrected chi connectivity index (χ3v) is 2.47. The molecule has 0 aliphatic carbocycles. The molecule has 4 heteroatoms. The Kier molecular flexibility index (Phi) is 5.19. The Balaban J connectivity index is 2.81. The summed E-state index contributed by atoms with van der Waals surface area (Å²) in [4.78, 5) is 11.1. The number of anilines is 2. The molecule has 0 aromatic carbocycles. The quantitative estimate of drug-likeness (QED) is 0.824. The van der Waals surface area contributed by atoms with Gasteiger partial charge in [0.05, 0.1) is 0 Å². The number of rotatable bonds is 6. The van der Waals surface area contributed by atoms with Gasteiger partial charge in [0.25, 0.3) is 0 Å². The molecule has 1 N–H and O–H groups in total. The fraction of sp³-hybridized carbons (Fsp3) is 0.692. The van der Waals surface area contributed by atoms with Crippen LogP contribution in [-0.2, 0) is 0 Å². The van der Waals surface area contributed by atoms with Gasteiger partial charge >= 0.3 is 0 Å². The van der Waals surface area contributed by atoms with Gasteiger partial charge in [-0.3, -0.25) is 0 Å². The molecular weight excluding hydrogens is 212 g/mol. The Morgan fingerprint density at radius 1 is 1.35 bits per heavy atom. The van der Waals surface area contributed by atoms with Crippen molar-refractivity contribution < 1.29 is 0 Å². The molecule has 1 heterocycles. The average molecular weight is 236 g/mol. The molecule has 0 aliphatic rings. The highest BCUT2D eigenvalue weighted by molar-refractivity contribution is 5.43. The zero-order valence-corrected chi connectivity index (χ0v) is 11.6. The first kappa shape index (κ1) is 13.7. The van der Waals surface area contributed by atoms with E-state index in [9.17, 15) is 0 Å². The molecular formula is C13H24N4. The Labute approximate surface area is 104 Å². The fourth-order valence-corrected chi connectivity index (χ4v) is 1.59. The van der Waals surface area contributed by atoms with E-state index in [-0.39, 0.29) is 0 Å². The van der Waals surface area contributed by atoms with Gasteiger partial charge in [-0.15, -0.1) is 0 Å². The van der Waals surface area contributed by atoms with E-state index in [0.717, 1.165) is 24.0 Å². The van der Waals surface area contributed by atoms with Crippen LogP contribution in [0.5, 0.6) is 0 Å². The fourth-order valence-electron chi connectivity index (χ4n) is 1.59. The van der Waals surface area contributed by atoms with Crippen molar-refractivity contribution in [1.29, 1.82) is 0 Å².